The molecule has 8 aromatic heterocycles. The van der Waals surface area contributed by atoms with Crippen LogP contribution in [0.2, 0.25) is 0 Å². The average molecular weight is 1950 g/mol. The standard InChI is InChI=1S/2C46H26N2OS.C46H26N2S/c1-2-10-31-26-32(21-16-27(31)8-1)43-37-23-25-39-42(41-33-11-4-3-9-28(33)22-24-38(41)49-39)44(37)48-46(47-43)30-19-17-29(18-20-30)34-13-7-14-36-35-12-5-6-15-40(35)50-45(34)36;1-2-10-31-26-32(21-16-27(31)8-1)43-37-23-25-40-42(41-33-11-4-3-9-28(33)22-24-39(41)50-40)44(37)48-46(47-43)30-19-17-29(18-20-30)34-13-7-14-36-35-12-5-6-15-38(35)49-45(34)36;1-3-13-30-27(10-1)12-9-19-37(30)44-38-23-25-41-43(42-31-14-4-2-11-28(31)21-24-40(42)49-41)45(38)48-46(47-44)29-20-22-36-34-17-6-5-15-32(34)33-16-7-8-18-35(33)39(36)26-29/h2*1-26H;1-26H. The van der Waals surface area contributed by atoms with Gasteiger partial charge in [-0.25, -0.2) is 29.9 Å². The van der Waals surface area contributed by atoms with E-state index in [1.54, 1.807) is 0 Å². The predicted octanol–water partition coefficient (Wildman–Crippen LogP) is 39.5. The Bertz CT molecular complexity index is 11100. The van der Waals surface area contributed by atoms with Gasteiger partial charge < -0.3 is 8.83 Å². The van der Waals surface area contributed by atoms with Gasteiger partial charge in [-0.15, -0.1) is 34.0 Å². The van der Waals surface area contributed by atoms with E-state index >= 15 is 0 Å². The lowest BCUT2D eigenvalue weighted by Crippen LogP contribution is -1.96. The zero-order chi connectivity index (χ0) is 97.6. The summed E-state index contributed by atoms with van der Waals surface area (Å²) in [6.45, 7) is 0. The zero-order valence-electron chi connectivity index (χ0n) is 79.8. The van der Waals surface area contributed by atoms with Crippen LogP contribution in [-0.2, 0) is 0 Å². The van der Waals surface area contributed by atoms with Gasteiger partial charge in [-0.3, -0.25) is 0 Å². The molecule has 0 fully saturated rings. The fourth-order valence-corrected chi connectivity index (χ4v) is 26.9. The van der Waals surface area contributed by atoms with E-state index in [2.05, 4.69) is 461 Å². The van der Waals surface area contributed by atoms with E-state index in [1.165, 1.54) is 163 Å². The van der Waals surface area contributed by atoms with Crippen molar-refractivity contribution in [2.45, 2.75) is 0 Å². The van der Waals surface area contributed by atoms with Gasteiger partial charge in [-0.05, 0) is 199 Å². The van der Waals surface area contributed by atoms with Crippen LogP contribution >= 0.6 is 34.0 Å². The third kappa shape index (κ3) is 13.7. The molecule has 0 aliphatic heterocycles. The summed E-state index contributed by atoms with van der Waals surface area (Å²) in [6, 6.07) is 169. The van der Waals surface area contributed by atoms with Crippen LogP contribution in [0.4, 0.5) is 0 Å². The summed E-state index contributed by atoms with van der Waals surface area (Å²) in [7, 11) is 0. The maximum Gasteiger partial charge on any atom is 0.160 e. The van der Waals surface area contributed by atoms with Crippen LogP contribution in [0.5, 0.6) is 0 Å². The van der Waals surface area contributed by atoms with Crippen molar-refractivity contribution >= 4 is 268 Å². The molecular formula is C138H78N6O2S3. The monoisotopic (exact) mass is 1950 g/mol. The van der Waals surface area contributed by atoms with E-state index < -0.39 is 0 Å². The lowest BCUT2D eigenvalue weighted by Gasteiger charge is -2.14. The number of hydrogen-bond acceptors (Lipinski definition) is 11. The lowest BCUT2D eigenvalue weighted by molar-refractivity contribution is 0.669. The van der Waals surface area contributed by atoms with Gasteiger partial charge in [0.1, 0.15) is 22.3 Å². The number of hydrogen-bond donors (Lipinski definition) is 0. The van der Waals surface area contributed by atoms with Gasteiger partial charge in [0.2, 0.25) is 0 Å². The Morgan fingerprint density at radius 1 is 0.154 bits per heavy atom. The highest BCUT2D eigenvalue weighted by Crippen LogP contribution is 2.51. The Hall–Kier alpha value is -18.9. The Morgan fingerprint density at radius 2 is 0.510 bits per heavy atom. The molecule has 33 aromatic rings. The molecule has 0 unspecified atom stereocenters. The maximum atomic E-state index is 6.48. The largest absolute Gasteiger partial charge is 0.456 e. The lowest BCUT2D eigenvalue weighted by atomic mass is 9.93. The summed E-state index contributed by atoms with van der Waals surface area (Å²) in [5.74, 6) is 2.14. The van der Waals surface area contributed by atoms with E-state index in [4.69, 9.17) is 38.7 Å². The highest BCUT2D eigenvalue weighted by Gasteiger charge is 2.27. The molecule has 0 atom stereocenters. The Kier molecular flexibility index (Phi) is 19.2. The smallest absolute Gasteiger partial charge is 0.160 e. The van der Waals surface area contributed by atoms with Crippen LogP contribution in [0, 0.1) is 0 Å². The van der Waals surface area contributed by atoms with Gasteiger partial charge >= 0.3 is 0 Å². The minimum atomic E-state index is 0.689. The van der Waals surface area contributed by atoms with E-state index in [-0.39, 0.29) is 0 Å². The molecule has 690 valence electrons. The summed E-state index contributed by atoms with van der Waals surface area (Å²) >= 11 is 5.53. The van der Waals surface area contributed by atoms with E-state index in [0.29, 0.717) is 11.6 Å². The molecule has 33 rings (SSSR count). The van der Waals surface area contributed by atoms with Gasteiger partial charge in [0, 0.05) is 132 Å². The maximum absolute atomic E-state index is 6.48. The molecule has 0 N–H and O–H groups in total. The average Bonchev–Trinajstić information content (AvgIpc) is 1.71. The van der Waals surface area contributed by atoms with Gasteiger partial charge in [0.15, 0.2) is 17.5 Å². The molecule has 8 heterocycles. The number of furan rings is 2. The van der Waals surface area contributed by atoms with Crippen molar-refractivity contribution in [1.82, 2.24) is 29.9 Å². The topological polar surface area (TPSA) is 104 Å². The minimum Gasteiger partial charge on any atom is -0.456 e. The second kappa shape index (κ2) is 33.9. The Labute approximate surface area is 863 Å². The Balaban J connectivity index is 0.000000101. The molecular weight excluding hydrogens is 1870 g/mol. The van der Waals surface area contributed by atoms with Crippen molar-refractivity contribution in [3.05, 3.63) is 473 Å². The summed E-state index contributed by atoms with van der Waals surface area (Å²) in [4.78, 5) is 32.4. The molecule has 0 saturated carbocycles. The quantitative estimate of drug-likeness (QED) is 0.139. The molecule has 0 spiro atoms. The van der Waals surface area contributed by atoms with Crippen LogP contribution in [0.1, 0.15) is 0 Å². The number of para-hydroxylation sites is 2. The molecule has 25 aromatic carbocycles. The van der Waals surface area contributed by atoms with E-state index in [1.807, 2.05) is 46.1 Å². The van der Waals surface area contributed by atoms with Crippen molar-refractivity contribution < 1.29 is 8.83 Å². The van der Waals surface area contributed by atoms with Gasteiger partial charge in [-0.2, -0.15) is 0 Å². The van der Waals surface area contributed by atoms with Crippen LogP contribution in [0.25, 0.3) is 324 Å². The first-order valence-electron chi connectivity index (χ1n) is 50.3. The molecule has 0 aliphatic carbocycles. The summed E-state index contributed by atoms with van der Waals surface area (Å²) in [5, 5.41) is 37.0. The normalized spacial score (nSPS) is 12.0. The number of nitrogens with zero attached hydrogens (tertiary/aromatic N) is 6. The third-order valence-corrected chi connectivity index (χ3v) is 33.8. The highest BCUT2D eigenvalue weighted by atomic mass is 32.1. The van der Waals surface area contributed by atoms with Crippen molar-refractivity contribution in [1.29, 1.82) is 0 Å². The SMILES string of the molecule is c1ccc2c(-c3nc(-c4ccc5c6ccccc6c6ccccc6c5c4)nc4c3ccc3sc5ccc6ccccc6c5c34)cccc2c1.c1ccc2cc(-c3nc(-c4ccc(-c5cccc6c5oc5ccccc56)cc4)nc4c3ccc3sc5ccc6ccccc6c5c34)ccc2c1.c1ccc2cc(-c3nc(-c4ccc(-c5cccc6c5sc5ccccc56)cc4)nc4c3ccc3oc5ccc6ccccc6c5c34)ccc2c1. The van der Waals surface area contributed by atoms with Crippen molar-refractivity contribution in [3.63, 3.8) is 0 Å². The van der Waals surface area contributed by atoms with Gasteiger partial charge in [0.25, 0.3) is 0 Å². The zero-order valence-corrected chi connectivity index (χ0v) is 82.2. The molecule has 11 heteroatoms. The van der Waals surface area contributed by atoms with Gasteiger partial charge in [0.05, 0.1) is 39.0 Å². The van der Waals surface area contributed by atoms with E-state index in [9.17, 15) is 0 Å². The first-order valence-corrected chi connectivity index (χ1v) is 52.8. The van der Waals surface area contributed by atoms with Gasteiger partial charge in [-0.1, -0.05) is 388 Å². The summed E-state index contributed by atoms with van der Waals surface area (Å²) in [5.41, 5.74) is 19.9. The van der Waals surface area contributed by atoms with E-state index in [0.717, 1.165) is 149 Å². The number of fused-ring (bicyclic) bond motifs is 36. The van der Waals surface area contributed by atoms with Crippen LogP contribution < -0.4 is 0 Å². The number of thiophene rings is 3. The molecule has 0 aliphatic rings. The molecule has 0 bridgehead atoms. The van der Waals surface area contributed by atoms with Crippen LogP contribution in [0.3, 0.4) is 0 Å². The minimum absolute atomic E-state index is 0.689. The van der Waals surface area contributed by atoms with Crippen molar-refractivity contribution in [3.8, 4) is 90.2 Å². The third-order valence-electron chi connectivity index (χ3n) is 30.4. The summed E-state index contributed by atoms with van der Waals surface area (Å²) < 4.78 is 20.5. The predicted molar refractivity (Wildman–Crippen MR) is 633 cm³/mol. The first kappa shape index (κ1) is 84.6. The fourth-order valence-electron chi connectivity index (χ4n) is 23.4. The number of rotatable bonds is 8. The Morgan fingerprint density at radius 3 is 1.10 bits per heavy atom. The molecule has 0 saturated heterocycles. The fraction of sp³-hybridized carbons (Fsp3) is 0. The summed E-state index contributed by atoms with van der Waals surface area (Å²) in [6.07, 6.45) is 0. The molecule has 149 heavy (non-hydrogen) atoms. The second-order valence-electron chi connectivity index (χ2n) is 38.7. The molecule has 8 nitrogen and oxygen atoms in total. The first-order chi connectivity index (χ1) is 73.8. The van der Waals surface area contributed by atoms with Crippen molar-refractivity contribution in [2.24, 2.45) is 0 Å². The second-order valence-corrected chi connectivity index (χ2v) is 41.9. The van der Waals surface area contributed by atoms with Crippen molar-refractivity contribution in [2.75, 3.05) is 0 Å². The highest BCUT2D eigenvalue weighted by molar-refractivity contribution is 7.27. The van der Waals surface area contributed by atoms with Crippen LogP contribution in [0.15, 0.2) is 482 Å². The van der Waals surface area contributed by atoms with Crippen LogP contribution in [-0.4, -0.2) is 29.9 Å². The molecule has 0 amide bonds. The number of benzene rings is 25. The number of aromatic nitrogens is 6. The molecule has 0 radical (unpaired) electrons.